The first kappa shape index (κ1) is 14.1. The highest BCUT2D eigenvalue weighted by Gasteiger charge is 2.04. The van der Waals surface area contributed by atoms with Gasteiger partial charge in [0.05, 0.1) is 6.61 Å². The topological polar surface area (TPSA) is 65.2 Å². The van der Waals surface area contributed by atoms with Gasteiger partial charge in [-0.25, -0.2) is 0 Å². The highest BCUT2D eigenvalue weighted by Crippen LogP contribution is 2.09. The highest BCUT2D eigenvalue weighted by molar-refractivity contribution is 5.69. The fourth-order valence-corrected chi connectivity index (χ4v) is 1.90. The summed E-state index contributed by atoms with van der Waals surface area (Å²) in [6.07, 6.45) is 5.22. The Morgan fingerprint density at radius 2 is 2.00 bits per heavy atom. The zero-order valence-electron chi connectivity index (χ0n) is 11.3. The molecule has 104 valence electrons. The number of nitrogens with zero attached hydrogens (tertiary/aromatic N) is 1. The summed E-state index contributed by atoms with van der Waals surface area (Å²) in [4.78, 5) is 15.6. The number of hydrogen-bond acceptors (Lipinski definition) is 4. The number of ether oxygens (including phenoxy) is 1. The third-order valence-corrected chi connectivity index (χ3v) is 2.95. The van der Waals surface area contributed by atoms with Crippen molar-refractivity contribution in [3.05, 3.63) is 59.9 Å². The van der Waals surface area contributed by atoms with E-state index in [9.17, 15) is 4.79 Å². The van der Waals surface area contributed by atoms with Crippen LogP contribution in [0.2, 0.25) is 0 Å². The van der Waals surface area contributed by atoms with E-state index in [1.165, 1.54) is 0 Å². The maximum absolute atomic E-state index is 11.6. The SMILES string of the molecule is Nc1cccc(CCC(=O)OCCc2cccnc2)c1. The summed E-state index contributed by atoms with van der Waals surface area (Å²) in [6, 6.07) is 11.4. The Morgan fingerprint density at radius 1 is 1.15 bits per heavy atom. The van der Waals surface area contributed by atoms with E-state index in [4.69, 9.17) is 10.5 Å². The third-order valence-electron chi connectivity index (χ3n) is 2.95. The van der Waals surface area contributed by atoms with E-state index >= 15 is 0 Å². The van der Waals surface area contributed by atoms with Crippen LogP contribution in [0.25, 0.3) is 0 Å². The van der Waals surface area contributed by atoms with Crippen LogP contribution in [0.1, 0.15) is 17.5 Å². The van der Waals surface area contributed by atoms with E-state index in [-0.39, 0.29) is 5.97 Å². The lowest BCUT2D eigenvalue weighted by molar-refractivity contribution is -0.143. The number of pyridine rings is 1. The fourth-order valence-electron chi connectivity index (χ4n) is 1.90. The average Bonchev–Trinajstić information content (AvgIpc) is 2.46. The lowest BCUT2D eigenvalue weighted by Crippen LogP contribution is -2.08. The lowest BCUT2D eigenvalue weighted by atomic mass is 10.1. The van der Waals surface area contributed by atoms with Crippen molar-refractivity contribution in [2.24, 2.45) is 0 Å². The average molecular weight is 270 g/mol. The minimum absolute atomic E-state index is 0.184. The Bertz CT molecular complexity index is 555. The van der Waals surface area contributed by atoms with Crippen molar-refractivity contribution >= 4 is 11.7 Å². The van der Waals surface area contributed by atoms with Gasteiger partial charge in [-0.1, -0.05) is 18.2 Å². The Hall–Kier alpha value is -2.36. The molecule has 2 aromatic rings. The summed E-state index contributed by atoms with van der Waals surface area (Å²) >= 11 is 0. The van der Waals surface area contributed by atoms with Gasteiger partial charge >= 0.3 is 5.97 Å². The van der Waals surface area contributed by atoms with Crippen LogP contribution in [0.3, 0.4) is 0 Å². The number of anilines is 1. The zero-order valence-corrected chi connectivity index (χ0v) is 11.3. The molecule has 1 aromatic heterocycles. The molecule has 0 atom stereocenters. The van der Waals surface area contributed by atoms with Gasteiger partial charge in [-0.05, 0) is 35.7 Å². The molecular formula is C16H18N2O2. The van der Waals surface area contributed by atoms with Crippen LogP contribution < -0.4 is 5.73 Å². The van der Waals surface area contributed by atoms with Crippen molar-refractivity contribution in [2.45, 2.75) is 19.3 Å². The number of nitrogens with two attached hydrogens (primary N) is 1. The molecule has 0 amide bonds. The predicted molar refractivity (Wildman–Crippen MR) is 78.1 cm³/mol. The minimum Gasteiger partial charge on any atom is -0.465 e. The van der Waals surface area contributed by atoms with Gasteiger partial charge in [0, 0.05) is 30.9 Å². The van der Waals surface area contributed by atoms with Crippen LogP contribution in [0.5, 0.6) is 0 Å². The van der Waals surface area contributed by atoms with Crippen molar-refractivity contribution in [3.8, 4) is 0 Å². The monoisotopic (exact) mass is 270 g/mol. The number of esters is 1. The second-order valence-electron chi connectivity index (χ2n) is 4.58. The van der Waals surface area contributed by atoms with Crippen LogP contribution in [-0.2, 0) is 22.4 Å². The van der Waals surface area contributed by atoms with Gasteiger partial charge in [0.2, 0.25) is 0 Å². The van der Waals surface area contributed by atoms with Crippen molar-refractivity contribution in [3.63, 3.8) is 0 Å². The molecule has 0 radical (unpaired) electrons. The molecular weight excluding hydrogens is 252 g/mol. The van der Waals surface area contributed by atoms with E-state index < -0.39 is 0 Å². The molecule has 0 aliphatic rings. The van der Waals surface area contributed by atoms with Gasteiger partial charge < -0.3 is 10.5 Å². The van der Waals surface area contributed by atoms with Crippen LogP contribution in [0.15, 0.2) is 48.8 Å². The van der Waals surface area contributed by atoms with Gasteiger partial charge in [-0.15, -0.1) is 0 Å². The standard InChI is InChI=1S/C16H18N2O2/c17-15-5-1-3-13(11-15)6-7-16(19)20-10-8-14-4-2-9-18-12-14/h1-5,9,11-12H,6-8,10,17H2. The summed E-state index contributed by atoms with van der Waals surface area (Å²) < 4.78 is 5.20. The van der Waals surface area contributed by atoms with E-state index in [1.807, 2.05) is 36.4 Å². The summed E-state index contributed by atoms with van der Waals surface area (Å²) in [5.74, 6) is -0.184. The Morgan fingerprint density at radius 3 is 2.75 bits per heavy atom. The van der Waals surface area contributed by atoms with Crippen molar-refractivity contribution in [1.29, 1.82) is 0 Å². The molecule has 0 aliphatic heterocycles. The lowest BCUT2D eigenvalue weighted by Gasteiger charge is -2.05. The number of aromatic nitrogens is 1. The van der Waals surface area contributed by atoms with Gasteiger partial charge in [0.1, 0.15) is 0 Å². The van der Waals surface area contributed by atoms with Gasteiger partial charge in [-0.3, -0.25) is 9.78 Å². The maximum Gasteiger partial charge on any atom is 0.306 e. The van der Waals surface area contributed by atoms with Crippen molar-refractivity contribution in [1.82, 2.24) is 4.98 Å². The molecule has 2 N–H and O–H groups in total. The fraction of sp³-hybridized carbons (Fsp3) is 0.250. The summed E-state index contributed by atoms with van der Waals surface area (Å²) in [7, 11) is 0. The van der Waals surface area contributed by atoms with Crippen LogP contribution in [0, 0.1) is 0 Å². The maximum atomic E-state index is 11.6. The Balaban J connectivity index is 1.68. The highest BCUT2D eigenvalue weighted by atomic mass is 16.5. The molecule has 0 spiro atoms. The van der Waals surface area contributed by atoms with E-state index in [2.05, 4.69) is 4.98 Å². The second kappa shape index (κ2) is 7.28. The van der Waals surface area contributed by atoms with Crippen LogP contribution in [0.4, 0.5) is 5.69 Å². The first-order valence-electron chi connectivity index (χ1n) is 6.63. The normalized spacial score (nSPS) is 10.2. The minimum atomic E-state index is -0.184. The van der Waals surface area contributed by atoms with E-state index in [0.29, 0.717) is 31.6 Å². The number of benzene rings is 1. The van der Waals surface area contributed by atoms with Gasteiger partial charge in [0.25, 0.3) is 0 Å². The van der Waals surface area contributed by atoms with Gasteiger partial charge in [-0.2, -0.15) is 0 Å². The molecule has 4 nitrogen and oxygen atoms in total. The quantitative estimate of drug-likeness (QED) is 0.646. The smallest absolute Gasteiger partial charge is 0.306 e. The second-order valence-corrected chi connectivity index (χ2v) is 4.58. The van der Waals surface area contributed by atoms with Gasteiger partial charge in [0.15, 0.2) is 0 Å². The summed E-state index contributed by atoms with van der Waals surface area (Å²) in [5.41, 5.74) is 8.52. The molecule has 1 aromatic carbocycles. The molecule has 4 heteroatoms. The summed E-state index contributed by atoms with van der Waals surface area (Å²) in [6.45, 7) is 0.390. The number of carbonyl (C=O) groups excluding carboxylic acids is 1. The summed E-state index contributed by atoms with van der Waals surface area (Å²) in [5, 5.41) is 0. The predicted octanol–water partition coefficient (Wildman–Crippen LogP) is 2.38. The zero-order chi connectivity index (χ0) is 14.2. The van der Waals surface area contributed by atoms with E-state index in [0.717, 1.165) is 11.1 Å². The number of aryl methyl sites for hydroxylation is 1. The molecule has 20 heavy (non-hydrogen) atoms. The molecule has 2 rings (SSSR count). The first-order chi connectivity index (χ1) is 9.74. The molecule has 0 unspecified atom stereocenters. The third kappa shape index (κ3) is 4.72. The number of carbonyl (C=O) groups is 1. The largest absolute Gasteiger partial charge is 0.465 e. The van der Waals surface area contributed by atoms with Crippen molar-refractivity contribution in [2.75, 3.05) is 12.3 Å². The van der Waals surface area contributed by atoms with E-state index in [1.54, 1.807) is 12.4 Å². The van der Waals surface area contributed by atoms with Crippen LogP contribution in [-0.4, -0.2) is 17.6 Å². The number of rotatable bonds is 6. The molecule has 1 heterocycles. The molecule has 0 saturated carbocycles. The first-order valence-corrected chi connectivity index (χ1v) is 6.63. The Kier molecular flexibility index (Phi) is 5.12. The molecule has 0 saturated heterocycles. The van der Waals surface area contributed by atoms with Crippen molar-refractivity contribution < 1.29 is 9.53 Å². The molecule has 0 fully saturated rings. The Labute approximate surface area is 118 Å². The molecule has 0 aliphatic carbocycles. The molecule has 0 bridgehead atoms. The number of nitrogen functional groups attached to an aromatic ring is 1. The number of hydrogen-bond donors (Lipinski definition) is 1. The van der Waals surface area contributed by atoms with Crippen LogP contribution >= 0.6 is 0 Å².